The quantitative estimate of drug-likeness (QED) is 0.380. The van der Waals surface area contributed by atoms with Crippen molar-refractivity contribution in [3.8, 4) is 0 Å². The van der Waals surface area contributed by atoms with E-state index in [1.165, 1.54) is 36.4 Å². The zero-order valence-corrected chi connectivity index (χ0v) is 21.3. The van der Waals surface area contributed by atoms with Gasteiger partial charge in [0.25, 0.3) is 5.91 Å². The number of rotatable bonds is 10. The number of likely N-dealkylation sites (tertiary alicyclic amines) is 1. The minimum absolute atomic E-state index is 0.0877. The summed E-state index contributed by atoms with van der Waals surface area (Å²) in [6.07, 6.45) is 2.27. The summed E-state index contributed by atoms with van der Waals surface area (Å²) in [6.45, 7) is 5.70. The predicted molar refractivity (Wildman–Crippen MR) is 138 cm³/mol. The van der Waals surface area contributed by atoms with Crippen LogP contribution in [0.5, 0.6) is 0 Å². The SMILES string of the molecule is Cc1ccc(CN(Cc2ccc(F)cc2)C(=O)CN(CCN2CCCC2)C(=O)c2ccc(F)cc2)s1. The Kier molecular flexibility index (Phi) is 8.83. The number of amides is 2. The molecule has 0 aliphatic carbocycles. The van der Waals surface area contributed by atoms with Crippen LogP contribution >= 0.6 is 11.3 Å². The van der Waals surface area contributed by atoms with Gasteiger partial charge in [0.1, 0.15) is 18.2 Å². The second-order valence-electron chi connectivity index (χ2n) is 9.17. The van der Waals surface area contributed by atoms with Gasteiger partial charge in [0.15, 0.2) is 0 Å². The number of carbonyl (C=O) groups is 2. The molecule has 1 aliphatic rings. The molecule has 1 saturated heterocycles. The summed E-state index contributed by atoms with van der Waals surface area (Å²) in [4.78, 5) is 34.7. The summed E-state index contributed by atoms with van der Waals surface area (Å²) in [7, 11) is 0. The van der Waals surface area contributed by atoms with E-state index in [9.17, 15) is 18.4 Å². The van der Waals surface area contributed by atoms with E-state index in [4.69, 9.17) is 0 Å². The zero-order valence-electron chi connectivity index (χ0n) is 20.5. The summed E-state index contributed by atoms with van der Waals surface area (Å²) in [5, 5.41) is 0. The molecule has 2 amide bonds. The van der Waals surface area contributed by atoms with Crippen LogP contribution in [0.1, 0.15) is 38.5 Å². The van der Waals surface area contributed by atoms with Crippen LogP contribution in [-0.4, -0.2) is 59.2 Å². The highest BCUT2D eigenvalue weighted by Gasteiger charge is 2.24. The highest BCUT2D eigenvalue weighted by atomic mass is 32.1. The van der Waals surface area contributed by atoms with Gasteiger partial charge in [-0.3, -0.25) is 9.59 Å². The Hall–Kier alpha value is -3.10. The molecule has 0 N–H and O–H groups in total. The molecule has 0 bridgehead atoms. The van der Waals surface area contributed by atoms with Crippen LogP contribution < -0.4 is 0 Å². The standard InChI is InChI=1S/C28H31F2N3O2S/c1-21-4-13-26(36-21)19-33(18-22-5-9-24(29)10-6-22)27(34)20-32(17-16-31-14-2-3-15-31)28(35)23-7-11-25(30)12-8-23/h4-13H,2-3,14-20H2,1H3. The number of hydrogen-bond donors (Lipinski definition) is 0. The maximum atomic E-state index is 13.6. The van der Waals surface area contributed by atoms with E-state index in [2.05, 4.69) is 4.90 Å². The molecule has 0 saturated carbocycles. The van der Waals surface area contributed by atoms with E-state index in [1.54, 1.807) is 33.3 Å². The minimum Gasteiger partial charge on any atom is -0.332 e. The van der Waals surface area contributed by atoms with Crippen molar-refractivity contribution in [3.63, 3.8) is 0 Å². The molecular weight excluding hydrogens is 480 g/mol. The van der Waals surface area contributed by atoms with E-state index in [0.717, 1.165) is 41.2 Å². The highest BCUT2D eigenvalue weighted by Crippen LogP contribution is 2.20. The number of carbonyl (C=O) groups excluding carboxylic acids is 2. The van der Waals surface area contributed by atoms with Crippen molar-refractivity contribution in [1.29, 1.82) is 0 Å². The van der Waals surface area contributed by atoms with Gasteiger partial charge in [-0.25, -0.2) is 8.78 Å². The molecule has 0 spiro atoms. The molecule has 190 valence electrons. The monoisotopic (exact) mass is 511 g/mol. The first-order chi connectivity index (χ1) is 17.4. The Morgan fingerprint density at radius 3 is 2.11 bits per heavy atom. The van der Waals surface area contributed by atoms with E-state index in [-0.39, 0.29) is 24.2 Å². The highest BCUT2D eigenvalue weighted by molar-refractivity contribution is 7.11. The first kappa shape index (κ1) is 26.0. The van der Waals surface area contributed by atoms with Crippen LogP contribution in [-0.2, 0) is 17.9 Å². The molecular formula is C28H31F2N3O2S. The van der Waals surface area contributed by atoms with Crippen LogP contribution in [0.2, 0.25) is 0 Å². The van der Waals surface area contributed by atoms with Gasteiger partial charge < -0.3 is 14.7 Å². The lowest BCUT2D eigenvalue weighted by Gasteiger charge is -2.29. The third-order valence-electron chi connectivity index (χ3n) is 6.37. The largest absolute Gasteiger partial charge is 0.332 e. The van der Waals surface area contributed by atoms with Gasteiger partial charge in [-0.1, -0.05) is 12.1 Å². The predicted octanol–water partition coefficient (Wildman–Crippen LogP) is 5.10. The zero-order chi connectivity index (χ0) is 25.5. The van der Waals surface area contributed by atoms with Gasteiger partial charge in [-0.2, -0.15) is 0 Å². The fraction of sp³-hybridized carbons (Fsp3) is 0.357. The number of thiophene rings is 1. The maximum Gasteiger partial charge on any atom is 0.254 e. The second kappa shape index (κ2) is 12.2. The summed E-state index contributed by atoms with van der Waals surface area (Å²) in [5.74, 6) is -1.23. The molecule has 1 aliphatic heterocycles. The Morgan fingerprint density at radius 2 is 1.50 bits per heavy atom. The molecule has 1 aromatic heterocycles. The number of hydrogen-bond acceptors (Lipinski definition) is 4. The van der Waals surface area contributed by atoms with Gasteiger partial charge in [-0.05, 0) is 86.9 Å². The van der Waals surface area contributed by atoms with Crippen LogP contribution in [0, 0.1) is 18.6 Å². The third kappa shape index (κ3) is 7.21. The lowest BCUT2D eigenvalue weighted by atomic mass is 10.1. The Morgan fingerprint density at radius 1 is 0.861 bits per heavy atom. The molecule has 36 heavy (non-hydrogen) atoms. The van der Waals surface area contributed by atoms with Gasteiger partial charge >= 0.3 is 0 Å². The summed E-state index contributed by atoms with van der Waals surface area (Å²) >= 11 is 1.62. The van der Waals surface area contributed by atoms with Crippen LogP contribution in [0.25, 0.3) is 0 Å². The summed E-state index contributed by atoms with van der Waals surface area (Å²) in [6, 6.07) is 15.5. The normalized spacial score (nSPS) is 13.6. The van der Waals surface area contributed by atoms with Crippen LogP contribution in [0.4, 0.5) is 8.78 Å². The van der Waals surface area contributed by atoms with E-state index < -0.39 is 5.82 Å². The van der Waals surface area contributed by atoms with Crippen LogP contribution in [0.3, 0.4) is 0 Å². The van der Waals surface area contributed by atoms with Crippen LogP contribution in [0.15, 0.2) is 60.7 Å². The number of halogens is 2. The average molecular weight is 512 g/mol. The lowest BCUT2D eigenvalue weighted by Crippen LogP contribution is -2.45. The molecule has 0 radical (unpaired) electrons. The minimum atomic E-state index is -0.414. The number of aryl methyl sites for hydroxylation is 1. The Balaban J connectivity index is 1.53. The molecule has 5 nitrogen and oxygen atoms in total. The Bertz CT molecular complexity index is 1160. The van der Waals surface area contributed by atoms with E-state index in [0.29, 0.717) is 31.7 Å². The van der Waals surface area contributed by atoms with Crippen molar-refractivity contribution in [3.05, 3.63) is 93.2 Å². The number of benzene rings is 2. The first-order valence-electron chi connectivity index (χ1n) is 12.2. The van der Waals surface area contributed by atoms with Crippen molar-refractivity contribution >= 4 is 23.2 Å². The van der Waals surface area contributed by atoms with E-state index in [1.807, 2.05) is 19.1 Å². The fourth-order valence-electron chi connectivity index (χ4n) is 4.36. The summed E-state index contributed by atoms with van der Waals surface area (Å²) in [5.41, 5.74) is 1.16. The maximum absolute atomic E-state index is 13.6. The van der Waals surface area contributed by atoms with Crippen molar-refractivity contribution in [2.24, 2.45) is 0 Å². The van der Waals surface area contributed by atoms with Crippen molar-refractivity contribution in [2.45, 2.75) is 32.9 Å². The lowest BCUT2D eigenvalue weighted by molar-refractivity contribution is -0.133. The Labute approximate surface area is 214 Å². The number of nitrogens with zero attached hydrogens (tertiary/aromatic N) is 3. The molecule has 3 aromatic rings. The molecule has 1 fully saturated rings. The topological polar surface area (TPSA) is 43.9 Å². The average Bonchev–Trinajstić information content (AvgIpc) is 3.54. The van der Waals surface area contributed by atoms with Gasteiger partial charge in [-0.15, -0.1) is 11.3 Å². The van der Waals surface area contributed by atoms with E-state index >= 15 is 0 Å². The third-order valence-corrected chi connectivity index (χ3v) is 7.36. The molecule has 4 rings (SSSR count). The molecule has 2 heterocycles. The van der Waals surface area contributed by atoms with Gasteiger partial charge in [0.2, 0.25) is 5.91 Å². The van der Waals surface area contributed by atoms with Crippen molar-refractivity contribution in [2.75, 3.05) is 32.7 Å². The van der Waals surface area contributed by atoms with Crippen molar-refractivity contribution < 1.29 is 18.4 Å². The molecule has 8 heteroatoms. The molecule has 0 unspecified atom stereocenters. The summed E-state index contributed by atoms with van der Waals surface area (Å²) < 4.78 is 26.9. The first-order valence-corrected chi connectivity index (χ1v) is 13.0. The van der Waals surface area contributed by atoms with Gasteiger partial charge in [0, 0.05) is 35.0 Å². The van der Waals surface area contributed by atoms with Crippen molar-refractivity contribution in [1.82, 2.24) is 14.7 Å². The smallest absolute Gasteiger partial charge is 0.254 e. The molecule has 2 aromatic carbocycles. The fourth-order valence-corrected chi connectivity index (χ4v) is 5.27. The molecule has 0 atom stereocenters. The van der Waals surface area contributed by atoms with Gasteiger partial charge in [0.05, 0.1) is 6.54 Å². The second-order valence-corrected chi connectivity index (χ2v) is 10.5.